The lowest BCUT2D eigenvalue weighted by Gasteiger charge is -2.45. The molecule has 0 aromatic heterocycles. The monoisotopic (exact) mass is 198 g/mol. The van der Waals surface area contributed by atoms with E-state index in [0.29, 0.717) is 12.8 Å². The van der Waals surface area contributed by atoms with E-state index in [2.05, 4.69) is 5.32 Å². The van der Waals surface area contributed by atoms with Crippen LogP contribution in [0.4, 0.5) is 0 Å². The van der Waals surface area contributed by atoms with E-state index < -0.39 is 11.6 Å². The van der Waals surface area contributed by atoms with Gasteiger partial charge in [-0.25, -0.2) is 0 Å². The molecule has 1 rings (SSSR count). The highest BCUT2D eigenvalue weighted by Crippen LogP contribution is 2.26. The Kier molecular flexibility index (Phi) is 2.83. The normalized spacial score (nSPS) is 26.3. The van der Waals surface area contributed by atoms with Gasteiger partial charge in [0.15, 0.2) is 0 Å². The van der Waals surface area contributed by atoms with Crippen molar-refractivity contribution in [1.29, 1.82) is 0 Å². The minimum atomic E-state index is -0.635. The van der Waals surface area contributed by atoms with Crippen LogP contribution in [0.15, 0.2) is 0 Å². The molecular weight excluding hydrogens is 180 g/mol. The van der Waals surface area contributed by atoms with Gasteiger partial charge in [-0.2, -0.15) is 0 Å². The Bertz CT molecular complexity index is 259. The van der Waals surface area contributed by atoms with Crippen LogP contribution in [0.25, 0.3) is 0 Å². The average molecular weight is 198 g/mol. The smallest absolute Gasteiger partial charge is 0.246 e. The van der Waals surface area contributed by atoms with Crippen LogP contribution in [0.5, 0.6) is 0 Å². The third-order valence-corrected chi connectivity index (χ3v) is 3.28. The van der Waals surface area contributed by atoms with E-state index in [1.807, 2.05) is 13.8 Å². The number of hydrogen-bond donors (Lipinski definition) is 1. The maximum Gasteiger partial charge on any atom is 0.246 e. The SMILES string of the molecule is CCC1(CC)C(=O)NC(C)C(=O)N1C. The van der Waals surface area contributed by atoms with E-state index in [-0.39, 0.29) is 11.8 Å². The zero-order chi connectivity index (χ0) is 10.9. The Morgan fingerprint density at radius 1 is 1.36 bits per heavy atom. The number of amides is 2. The van der Waals surface area contributed by atoms with Gasteiger partial charge in [0.1, 0.15) is 11.6 Å². The molecule has 1 aliphatic heterocycles. The number of carbonyl (C=O) groups excluding carboxylic acids is 2. The molecule has 4 heteroatoms. The number of nitrogens with one attached hydrogen (secondary N) is 1. The average Bonchev–Trinajstić information content (AvgIpc) is 2.17. The molecule has 80 valence electrons. The molecule has 0 aromatic rings. The fourth-order valence-corrected chi connectivity index (χ4v) is 2.09. The molecule has 1 unspecified atom stereocenters. The Morgan fingerprint density at radius 3 is 2.29 bits per heavy atom. The quantitative estimate of drug-likeness (QED) is 0.703. The van der Waals surface area contributed by atoms with E-state index >= 15 is 0 Å². The predicted octanol–water partition coefficient (Wildman–Crippen LogP) is 0.522. The third kappa shape index (κ3) is 1.29. The molecule has 1 N–H and O–H groups in total. The zero-order valence-corrected chi connectivity index (χ0v) is 9.26. The molecule has 1 heterocycles. The number of likely N-dealkylation sites (N-methyl/N-ethyl adjacent to an activating group) is 1. The fourth-order valence-electron chi connectivity index (χ4n) is 2.09. The second kappa shape index (κ2) is 3.59. The summed E-state index contributed by atoms with van der Waals surface area (Å²) in [6, 6.07) is -0.390. The summed E-state index contributed by atoms with van der Waals surface area (Å²) < 4.78 is 0. The molecule has 0 spiro atoms. The van der Waals surface area contributed by atoms with Gasteiger partial charge in [0, 0.05) is 7.05 Å². The highest BCUT2D eigenvalue weighted by Gasteiger charge is 2.47. The number of hydrogen-bond acceptors (Lipinski definition) is 2. The topological polar surface area (TPSA) is 49.4 Å². The Labute approximate surface area is 84.7 Å². The Hall–Kier alpha value is -1.06. The molecule has 14 heavy (non-hydrogen) atoms. The lowest BCUT2D eigenvalue weighted by atomic mass is 9.87. The molecule has 4 nitrogen and oxygen atoms in total. The van der Waals surface area contributed by atoms with E-state index in [0.717, 1.165) is 0 Å². The van der Waals surface area contributed by atoms with Gasteiger partial charge in [-0.05, 0) is 19.8 Å². The van der Waals surface area contributed by atoms with Crippen LogP contribution in [-0.4, -0.2) is 35.3 Å². The minimum absolute atomic E-state index is 0.00620. The van der Waals surface area contributed by atoms with Crippen LogP contribution in [0.2, 0.25) is 0 Å². The van der Waals surface area contributed by atoms with Gasteiger partial charge in [-0.15, -0.1) is 0 Å². The molecule has 1 atom stereocenters. The van der Waals surface area contributed by atoms with Gasteiger partial charge < -0.3 is 10.2 Å². The lowest BCUT2D eigenvalue weighted by Crippen LogP contribution is -2.68. The summed E-state index contributed by atoms with van der Waals surface area (Å²) in [5, 5.41) is 2.72. The number of nitrogens with zero attached hydrogens (tertiary/aromatic N) is 1. The molecule has 0 radical (unpaired) electrons. The number of carbonyl (C=O) groups is 2. The van der Waals surface area contributed by atoms with E-state index in [1.165, 1.54) is 0 Å². The van der Waals surface area contributed by atoms with Crippen LogP contribution in [0.1, 0.15) is 33.6 Å². The Balaban J connectivity index is 3.05. The summed E-state index contributed by atoms with van der Waals surface area (Å²) in [6.45, 7) is 5.58. The molecular formula is C10H18N2O2. The second-order valence-electron chi connectivity index (χ2n) is 3.83. The van der Waals surface area contributed by atoms with E-state index in [4.69, 9.17) is 0 Å². The minimum Gasteiger partial charge on any atom is -0.343 e. The fraction of sp³-hybridized carbons (Fsp3) is 0.800. The molecule has 0 aliphatic carbocycles. The maximum absolute atomic E-state index is 11.8. The summed E-state index contributed by atoms with van der Waals surface area (Å²) in [5.74, 6) is -0.0367. The van der Waals surface area contributed by atoms with Gasteiger partial charge >= 0.3 is 0 Å². The summed E-state index contributed by atoms with van der Waals surface area (Å²) in [7, 11) is 1.71. The van der Waals surface area contributed by atoms with Crippen LogP contribution >= 0.6 is 0 Å². The highest BCUT2D eigenvalue weighted by molar-refractivity contribution is 5.99. The predicted molar refractivity (Wildman–Crippen MR) is 53.7 cm³/mol. The molecule has 0 aromatic carbocycles. The summed E-state index contributed by atoms with van der Waals surface area (Å²) >= 11 is 0. The highest BCUT2D eigenvalue weighted by atomic mass is 16.2. The molecule has 2 amide bonds. The van der Waals surface area contributed by atoms with Crippen molar-refractivity contribution in [1.82, 2.24) is 10.2 Å². The van der Waals surface area contributed by atoms with Crippen molar-refractivity contribution in [3.8, 4) is 0 Å². The second-order valence-corrected chi connectivity index (χ2v) is 3.83. The van der Waals surface area contributed by atoms with E-state index in [9.17, 15) is 9.59 Å². The molecule has 1 fully saturated rings. The molecule has 1 saturated heterocycles. The van der Waals surface area contributed by atoms with Gasteiger partial charge in [-0.1, -0.05) is 13.8 Å². The van der Waals surface area contributed by atoms with Crippen molar-refractivity contribution >= 4 is 11.8 Å². The van der Waals surface area contributed by atoms with Crippen molar-refractivity contribution < 1.29 is 9.59 Å². The van der Waals surface area contributed by atoms with Gasteiger partial charge in [0.25, 0.3) is 0 Å². The van der Waals surface area contributed by atoms with Crippen LogP contribution < -0.4 is 5.32 Å². The number of piperazine rings is 1. The lowest BCUT2D eigenvalue weighted by molar-refractivity contribution is -0.155. The van der Waals surface area contributed by atoms with Gasteiger partial charge in [0.2, 0.25) is 11.8 Å². The molecule has 1 aliphatic rings. The van der Waals surface area contributed by atoms with Gasteiger partial charge in [0.05, 0.1) is 0 Å². The summed E-state index contributed by atoms with van der Waals surface area (Å²) in [6.07, 6.45) is 1.31. The van der Waals surface area contributed by atoms with Crippen molar-refractivity contribution in [3.05, 3.63) is 0 Å². The van der Waals surface area contributed by atoms with Crippen molar-refractivity contribution in [2.75, 3.05) is 7.05 Å². The first-order valence-corrected chi connectivity index (χ1v) is 5.08. The molecule has 0 saturated carbocycles. The van der Waals surface area contributed by atoms with Crippen LogP contribution in [0.3, 0.4) is 0 Å². The number of rotatable bonds is 2. The first-order chi connectivity index (χ1) is 6.49. The van der Waals surface area contributed by atoms with E-state index in [1.54, 1.807) is 18.9 Å². The zero-order valence-electron chi connectivity index (χ0n) is 9.26. The van der Waals surface area contributed by atoms with Crippen LogP contribution in [-0.2, 0) is 9.59 Å². The van der Waals surface area contributed by atoms with Crippen molar-refractivity contribution in [2.24, 2.45) is 0 Å². The first kappa shape index (κ1) is 11.0. The van der Waals surface area contributed by atoms with Crippen LogP contribution in [0, 0.1) is 0 Å². The summed E-state index contributed by atoms with van der Waals surface area (Å²) in [5.41, 5.74) is -0.635. The Morgan fingerprint density at radius 2 is 1.86 bits per heavy atom. The maximum atomic E-state index is 11.8. The standard InChI is InChI=1S/C10H18N2O2/c1-5-10(6-2)9(14)11-7(3)8(13)12(10)4/h7H,5-6H2,1-4H3,(H,11,14). The largest absolute Gasteiger partial charge is 0.343 e. The van der Waals surface area contributed by atoms with Crippen molar-refractivity contribution in [3.63, 3.8) is 0 Å². The summed E-state index contributed by atoms with van der Waals surface area (Å²) in [4.78, 5) is 25.1. The first-order valence-electron chi connectivity index (χ1n) is 5.08. The van der Waals surface area contributed by atoms with Crippen molar-refractivity contribution in [2.45, 2.75) is 45.2 Å². The molecule has 0 bridgehead atoms. The van der Waals surface area contributed by atoms with Gasteiger partial charge in [-0.3, -0.25) is 9.59 Å². The third-order valence-electron chi connectivity index (χ3n) is 3.28.